The summed E-state index contributed by atoms with van der Waals surface area (Å²) in [6.07, 6.45) is 1.25. The Kier molecular flexibility index (Phi) is 5.90. The Hall–Kier alpha value is -2.73. The molecule has 2 aliphatic rings. The summed E-state index contributed by atoms with van der Waals surface area (Å²) >= 11 is 0. The van der Waals surface area contributed by atoms with Gasteiger partial charge in [0.1, 0.15) is 5.82 Å². The van der Waals surface area contributed by atoms with Gasteiger partial charge in [-0.1, -0.05) is 30.3 Å². The molecule has 5 nitrogen and oxygen atoms in total. The van der Waals surface area contributed by atoms with Crippen LogP contribution in [0.15, 0.2) is 48.5 Å². The minimum Gasteiger partial charge on any atom is -0.341 e. The minimum absolute atomic E-state index is 0.0190. The van der Waals surface area contributed by atoms with Gasteiger partial charge in [0.15, 0.2) is 0 Å². The first-order valence-corrected chi connectivity index (χ1v) is 10.2. The average molecular weight is 395 g/mol. The maximum absolute atomic E-state index is 13.4. The van der Waals surface area contributed by atoms with Gasteiger partial charge in [-0.3, -0.25) is 14.5 Å². The van der Waals surface area contributed by atoms with E-state index >= 15 is 0 Å². The Morgan fingerprint density at radius 3 is 2.69 bits per heavy atom. The van der Waals surface area contributed by atoms with Gasteiger partial charge >= 0.3 is 0 Å². The standard InChI is InChI=1S/C23H26FN3O2/c24-20-7-3-5-18(15-20)16-25-10-4-11-26(14-13-25)22(28)9-12-27-17-19-6-1-2-8-21(19)23(27)29/h1-3,5-8,15H,4,9-14,16-17H2. The second-order valence-electron chi connectivity index (χ2n) is 7.77. The molecule has 0 bridgehead atoms. The Morgan fingerprint density at radius 1 is 1.00 bits per heavy atom. The van der Waals surface area contributed by atoms with E-state index in [0.29, 0.717) is 32.6 Å². The largest absolute Gasteiger partial charge is 0.341 e. The SMILES string of the molecule is O=C(CCN1Cc2ccccc2C1=O)N1CCCN(Cc2cccc(F)c2)CC1. The Bertz CT molecular complexity index is 901. The molecule has 0 spiro atoms. The zero-order valence-corrected chi connectivity index (χ0v) is 16.5. The number of amides is 2. The molecular weight excluding hydrogens is 369 g/mol. The van der Waals surface area contributed by atoms with Crippen molar-refractivity contribution in [3.8, 4) is 0 Å². The third kappa shape index (κ3) is 4.65. The molecule has 29 heavy (non-hydrogen) atoms. The van der Waals surface area contributed by atoms with Gasteiger partial charge in [0, 0.05) is 57.8 Å². The van der Waals surface area contributed by atoms with E-state index in [1.807, 2.05) is 35.2 Å². The monoisotopic (exact) mass is 395 g/mol. The molecule has 2 heterocycles. The van der Waals surface area contributed by atoms with Crippen molar-refractivity contribution in [1.82, 2.24) is 14.7 Å². The Balaban J connectivity index is 1.26. The summed E-state index contributed by atoms with van der Waals surface area (Å²) in [6, 6.07) is 14.3. The van der Waals surface area contributed by atoms with Crippen LogP contribution >= 0.6 is 0 Å². The van der Waals surface area contributed by atoms with Gasteiger partial charge in [0.25, 0.3) is 5.91 Å². The summed E-state index contributed by atoms with van der Waals surface area (Å²) in [5, 5.41) is 0. The predicted molar refractivity (Wildman–Crippen MR) is 109 cm³/mol. The van der Waals surface area contributed by atoms with E-state index in [-0.39, 0.29) is 17.6 Å². The number of rotatable bonds is 5. The van der Waals surface area contributed by atoms with Gasteiger partial charge < -0.3 is 9.80 Å². The average Bonchev–Trinajstić information content (AvgIpc) is 2.88. The van der Waals surface area contributed by atoms with Gasteiger partial charge in [-0.25, -0.2) is 4.39 Å². The number of carbonyl (C=O) groups excluding carboxylic acids is 2. The van der Waals surface area contributed by atoms with Crippen LogP contribution in [0.2, 0.25) is 0 Å². The number of hydrogen-bond donors (Lipinski definition) is 0. The topological polar surface area (TPSA) is 43.9 Å². The molecule has 0 unspecified atom stereocenters. The highest BCUT2D eigenvalue weighted by molar-refractivity contribution is 5.98. The first-order valence-electron chi connectivity index (χ1n) is 10.2. The first-order chi connectivity index (χ1) is 14.1. The molecule has 0 saturated carbocycles. The second kappa shape index (κ2) is 8.74. The van der Waals surface area contributed by atoms with Crippen LogP contribution in [-0.4, -0.2) is 59.2 Å². The summed E-state index contributed by atoms with van der Waals surface area (Å²) in [5.41, 5.74) is 2.74. The Labute approximate surface area is 170 Å². The number of hydrogen-bond acceptors (Lipinski definition) is 3. The zero-order valence-electron chi connectivity index (χ0n) is 16.5. The molecule has 4 rings (SSSR count). The van der Waals surface area contributed by atoms with Crippen LogP contribution in [0, 0.1) is 5.82 Å². The van der Waals surface area contributed by atoms with Crippen molar-refractivity contribution < 1.29 is 14.0 Å². The molecule has 152 valence electrons. The van der Waals surface area contributed by atoms with Crippen LogP contribution in [0.3, 0.4) is 0 Å². The minimum atomic E-state index is -0.215. The van der Waals surface area contributed by atoms with Crippen molar-refractivity contribution in [1.29, 1.82) is 0 Å². The molecule has 0 aromatic heterocycles. The van der Waals surface area contributed by atoms with Crippen molar-refractivity contribution in [2.75, 3.05) is 32.7 Å². The number of carbonyl (C=O) groups is 2. The molecule has 2 aromatic rings. The third-order valence-corrected chi connectivity index (χ3v) is 5.73. The van der Waals surface area contributed by atoms with Crippen molar-refractivity contribution in [3.05, 3.63) is 71.0 Å². The van der Waals surface area contributed by atoms with Crippen molar-refractivity contribution in [3.63, 3.8) is 0 Å². The number of halogens is 1. The van der Waals surface area contributed by atoms with E-state index in [2.05, 4.69) is 4.90 Å². The maximum atomic E-state index is 13.4. The van der Waals surface area contributed by atoms with E-state index < -0.39 is 0 Å². The zero-order chi connectivity index (χ0) is 20.2. The number of nitrogens with zero attached hydrogens (tertiary/aromatic N) is 3. The summed E-state index contributed by atoms with van der Waals surface area (Å²) in [6.45, 7) is 4.80. The summed E-state index contributed by atoms with van der Waals surface area (Å²) in [7, 11) is 0. The van der Waals surface area contributed by atoms with Crippen molar-refractivity contribution in [2.45, 2.75) is 25.9 Å². The molecule has 0 atom stereocenters. The molecule has 6 heteroatoms. The van der Waals surface area contributed by atoms with Gasteiger partial charge in [0.2, 0.25) is 5.91 Å². The molecule has 0 aliphatic carbocycles. The van der Waals surface area contributed by atoms with Crippen molar-refractivity contribution in [2.24, 2.45) is 0 Å². The van der Waals surface area contributed by atoms with E-state index in [4.69, 9.17) is 0 Å². The quantitative estimate of drug-likeness (QED) is 0.782. The lowest BCUT2D eigenvalue weighted by Crippen LogP contribution is -2.37. The van der Waals surface area contributed by atoms with E-state index in [1.165, 1.54) is 6.07 Å². The van der Waals surface area contributed by atoms with Gasteiger partial charge in [-0.2, -0.15) is 0 Å². The number of benzene rings is 2. The normalized spacial score (nSPS) is 17.3. The van der Waals surface area contributed by atoms with Crippen LogP contribution in [0.5, 0.6) is 0 Å². The molecular formula is C23H26FN3O2. The maximum Gasteiger partial charge on any atom is 0.254 e. The highest BCUT2D eigenvalue weighted by atomic mass is 19.1. The van der Waals surface area contributed by atoms with Gasteiger partial charge in [-0.05, 0) is 35.7 Å². The fourth-order valence-corrected chi connectivity index (χ4v) is 4.16. The highest BCUT2D eigenvalue weighted by Gasteiger charge is 2.27. The molecule has 1 saturated heterocycles. The number of fused-ring (bicyclic) bond motifs is 1. The van der Waals surface area contributed by atoms with Crippen LogP contribution < -0.4 is 0 Å². The second-order valence-corrected chi connectivity index (χ2v) is 7.77. The fraction of sp³-hybridized carbons (Fsp3) is 0.391. The lowest BCUT2D eigenvalue weighted by atomic mass is 10.1. The fourth-order valence-electron chi connectivity index (χ4n) is 4.16. The lowest BCUT2D eigenvalue weighted by Gasteiger charge is -2.23. The van der Waals surface area contributed by atoms with E-state index in [0.717, 1.165) is 42.7 Å². The smallest absolute Gasteiger partial charge is 0.254 e. The van der Waals surface area contributed by atoms with Gasteiger partial charge in [-0.15, -0.1) is 0 Å². The van der Waals surface area contributed by atoms with Crippen LogP contribution in [-0.2, 0) is 17.9 Å². The van der Waals surface area contributed by atoms with Gasteiger partial charge in [0.05, 0.1) is 0 Å². The van der Waals surface area contributed by atoms with Crippen LogP contribution in [0.1, 0.15) is 34.3 Å². The summed E-state index contributed by atoms with van der Waals surface area (Å²) in [4.78, 5) is 31.1. The van der Waals surface area contributed by atoms with Crippen LogP contribution in [0.4, 0.5) is 4.39 Å². The highest BCUT2D eigenvalue weighted by Crippen LogP contribution is 2.22. The van der Waals surface area contributed by atoms with E-state index in [9.17, 15) is 14.0 Å². The molecule has 1 fully saturated rings. The van der Waals surface area contributed by atoms with Crippen LogP contribution in [0.25, 0.3) is 0 Å². The molecule has 2 aliphatic heterocycles. The summed E-state index contributed by atoms with van der Waals surface area (Å²) < 4.78 is 13.4. The molecule has 2 aromatic carbocycles. The summed E-state index contributed by atoms with van der Waals surface area (Å²) in [5.74, 6) is -0.0976. The molecule has 0 radical (unpaired) electrons. The first kappa shape index (κ1) is 19.6. The molecule has 0 N–H and O–H groups in total. The third-order valence-electron chi connectivity index (χ3n) is 5.73. The molecule has 2 amide bonds. The van der Waals surface area contributed by atoms with E-state index in [1.54, 1.807) is 17.0 Å². The van der Waals surface area contributed by atoms with Crippen molar-refractivity contribution >= 4 is 11.8 Å². The lowest BCUT2D eigenvalue weighted by molar-refractivity contribution is -0.131. The Morgan fingerprint density at radius 2 is 1.86 bits per heavy atom. The predicted octanol–water partition coefficient (Wildman–Crippen LogP) is 2.91.